The van der Waals surface area contributed by atoms with Crippen molar-refractivity contribution in [1.82, 2.24) is 5.32 Å². The molecule has 0 aliphatic carbocycles. The molecule has 0 radical (unpaired) electrons. The SMILES string of the molecule is C=CC=CCCC(O)CC(=O)NCC(C)C. The molecule has 92 valence electrons. The molecular formula is C13H23NO2. The van der Waals surface area contributed by atoms with Gasteiger partial charge in [0.2, 0.25) is 5.91 Å². The van der Waals surface area contributed by atoms with E-state index in [1.165, 1.54) is 0 Å². The Morgan fingerprint density at radius 1 is 1.50 bits per heavy atom. The number of allylic oxidation sites excluding steroid dienone is 3. The molecule has 1 unspecified atom stereocenters. The van der Waals surface area contributed by atoms with E-state index < -0.39 is 6.10 Å². The summed E-state index contributed by atoms with van der Waals surface area (Å²) in [5, 5.41) is 12.3. The van der Waals surface area contributed by atoms with Crippen molar-refractivity contribution in [3.8, 4) is 0 Å². The van der Waals surface area contributed by atoms with Crippen molar-refractivity contribution in [2.45, 2.75) is 39.2 Å². The fourth-order valence-corrected chi connectivity index (χ4v) is 1.19. The minimum Gasteiger partial charge on any atom is -0.393 e. The zero-order valence-electron chi connectivity index (χ0n) is 10.3. The van der Waals surface area contributed by atoms with E-state index in [0.717, 1.165) is 6.42 Å². The van der Waals surface area contributed by atoms with E-state index in [-0.39, 0.29) is 12.3 Å². The molecule has 0 spiro atoms. The van der Waals surface area contributed by atoms with E-state index in [1.54, 1.807) is 6.08 Å². The summed E-state index contributed by atoms with van der Waals surface area (Å²) < 4.78 is 0. The Balaban J connectivity index is 3.61. The molecule has 3 nitrogen and oxygen atoms in total. The first kappa shape index (κ1) is 14.9. The van der Waals surface area contributed by atoms with E-state index in [4.69, 9.17) is 0 Å². The number of nitrogens with one attached hydrogen (secondary N) is 1. The third-order valence-electron chi connectivity index (χ3n) is 2.07. The second-order valence-electron chi connectivity index (χ2n) is 4.30. The largest absolute Gasteiger partial charge is 0.393 e. The van der Waals surface area contributed by atoms with Crippen LogP contribution in [0.15, 0.2) is 24.8 Å². The molecule has 0 aliphatic heterocycles. The first-order chi connectivity index (χ1) is 7.56. The van der Waals surface area contributed by atoms with Crippen LogP contribution < -0.4 is 5.32 Å². The number of aliphatic hydroxyl groups is 1. The predicted molar refractivity (Wildman–Crippen MR) is 67.0 cm³/mol. The zero-order chi connectivity index (χ0) is 12.4. The van der Waals surface area contributed by atoms with Gasteiger partial charge in [-0.05, 0) is 18.8 Å². The fourth-order valence-electron chi connectivity index (χ4n) is 1.19. The third kappa shape index (κ3) is 9.46. The quantitative estimate of drug-likeness (QED) is 0.621. The average molecular weight is 225 g/mol. The molecule has 0 fully saturated rings. The van der Waals surface area contributed by atoms with Gasteiger partial charge in [0.15, 0.2) is 0 Å². The van der Waals surface area contributed by atoms with Crippen molar-refractivity contribution < 1.29 is 9.90 Å². The summed E-state index contributed by atoms with van der Waals surface area (Å²) in [6.45, 7) is 8.30. The van der Waals surface area contributed by atoms with E-state index in [0.29, 0.717) is 18.9 Å². The van der Waals surface area contributed by atoms with Crippen LogP contribution in [-0.4, -0.2) is 23.7 Å². The van der Waals surface area contributed by atoms with Crippen molar-refractivity contribution in [3.63, 3.8) is 0 Å². The van der Waals surface area contributed by atoms with Crippen molar-refractivity contribution in [2.24, 2.45) is 5.92 Å². The summed E-state index contributed by atoms with van der Waals surface area (Å²) >= 11 is 0. The Kier molecular flexibility index (Phi) is 8.53. The average Bonchev–Trinajstić information content (AvgIpc) is 2.21. The Morgan fingerprint density at radius 3 is 2.75 bits per heavy atom. The molecule has 3 heteroatoms. The van der Waals surface area contributed by atoms with Gasteiger partial charge in [0.25, 0.3) is 0 Å². The molecule has 2 N–H and O–H groups in total. The maximum Gasteiger partial charge on any atom is 0.222 e. The van der Waals surface area contributed by atoms with Crippen LogP contribution in [0.2, 0.25) is 0 Å². The van der Waals surface area contributed by atoms with Gasteiger partial charge in [0.1, 0.15) is 0 Å². The summed E-state index contributed by atoms with van der Waals surface area (Å²) in [4.78, 5) is 11.3. The topological polar surface area (TPSA) is 49.3 Å². The first-order valence-electron chi connectivity index (χ1n) is 5.78. The van der Waals surface area contributed by atoms with E-state index >= 15 is 0 Å². The molecule has 1 atom stereocenters. The van der Waals surface area contributed by atoms with Gasteiger partial charge in [0.05, 0.1) is 12.5 Å². The highest BCUT2D eigenvalue weighted by Crippen LogP contribution is 2.03. The smallest absolute Gasteiger partial charge is 0.222 e. The Labute approximate surface area is 98.2 Å². The lowest BCUT2D eigenvalue weighted by Gasteiger charge is -2.11. The summed E-state index contributed by atoms with van der Waals surface area (Å²) in [5.74, 6) is 0.366. The van der Waals surface area contributed by atoms with Crippen LogP contribution >= 0.6 is 0 Å². The number of hydrogen-bond donors (Lipinski definition) is 2. The maximum absolute atomic E-state index is 11.3. The van der Waals surface area contributed by atoms with Crippen LogP contribution in [-0.2, 0) is 4.79 Å². The Bertz CT molecular complexity index is 234. The second kappa shape index (κ2) is 9.16. The molecule has 0 rings (SSSR count). The van der Waals surface area contributed by atoms with Crippen LogP contribution in [0.5, 0.6) is 0 Å². The number of rotatable bonds is 8. The molecule has 0 saturated heterocycles. The molecule has 0 saturated carbocycles. The predicted octanol–water partition coefficient (Wildman–Crippen LogP) is 2.03. The molecular weight excluding hydrogens is 202 g/mol. The lowest BCUT2D eigenvalue weighted by Crippen LogP contribution is -2.30. The summed E-state index contributed by atoms with van der Waals surface area (Å²) in [6.07, 6.45) is 6.48. The molecule has 0 aromatic rings. The minimum atomic E-state index is -0.554. The van der Waals surface area contributed by atoms with Crippen molar-refractivity contribution in [2.75, 3.05) is 6.54 Å². The Hall–Kier alpha value is -1.09. The highest BCUT2D eigenvalue weighted by atomic mass is 16.3. The van der Waals surface area contributed by atoms with Crippen molar-refractivity contribution in [3.05, 3.63) is 24.8 Å². The van der Waals surface area contributed by atoms with E-state index in [1.807, 2.05) is 26.0 Å². The number of aliphatic hydroxyl groups excluding tert-OH is 1. The summed E-state index contributed by atoms with van der Waals surface area (Å²) in [6, 6.07) is 0. The molecule has 0 bridgehead atoms. The number of carbonyl (C=O) groups excluding carboxylic acids is 1. The molecule has 0 aliphatic rings. The van der Waals surface area contributed by atoms with Crippen molar-refractivity contribution in [1.29, 1.82) is 0 Å². The monoisotopic (exact) mass is 225 g/mol. The van der Waals surface area contributed by atoms with Gasteiger partial charge in [-0.15, -0.1) is 0 Å². The lowest BCUT2D eigenvalue weighted by atomic mass is 10.1. The van der Waals surface area contributed by atoms with Crippen LogP contribution in [0, 0.1) is 5.92 Å². The normalized spacial score (nSPS) is 13.0. The molecule has 0 heterocycles. The van der Waals surface area contributed by atoms with Gasteiger partial charge in [0, 0.05) is 6.54 Å². The summed E-state index contributed by atoms with van der Waals surface area (Å²) in [5.41, 5.74) is 0. The van der Waals surface area contributed by atoms with Gasteiger partial charge in [-0.3, -0.25) is 4.79 Å². The molecule has 16 heavy (non-hydrogen) atoms. The number of carbonyl (C=O) groups is 1. The van der Waals surface area contributed by atoms with Gasteiger partial charge in [-0.25, -0.2) is 0 Å². The van der Waals surface area contributed by atoms with Crippen LogP contribution in [0.1, 0.15) is 33.1 Å². The van der Waals surface area contributed by atoms with Crippen LogP contribution in [0.4, 0.5) is 0 Å². The molecule has 0 aromatic heterocycles. The first-order valence-corrected chi connectivity index (χ1v) is 5.78. The standard InChI is InChI=1S/C13H23NO2/c1-4-5-6-7-8-12(15)9-13(16)14-10-11(2)3/h4-6,11-12,15H,1,7-10H2,2-3H3,(H,14,16). The zero-order valence-corrected chi connectivity index (χ0v) is 10.3. The number of amides is 1. The minimum absolute atomic E-state index is 0.0751. The maximum atomic E-state index is 11.3. The fraction of sp³-hybridized carbons (Fsp3) is 0.615. The molecule has 0 aromatic carbocycles. The van der Waals surface area contributed by atoms with Gasteiger partial charge < -0.3 is 10.4 Å². The van der Waals surface area contributed by atoms with Gasteiger partial charge >= 0.3 is 0 Å². The highest BCUT2D eigenvalue weighted by Gasteiger charge is 2.09. The van der Waals surface area contributed by atoms with E-state index in [9.17, 15) is 9.90 Å². The second-order valence-corrected chi connectivity index (χ2v) is 4.30. The number of hydrogen-bond acceptors (Lipinski definition) is 2. The summed E-state index contributed by atoms with van der Waals surface area (Å²) in [7, 11) is 0. The lowest BCUT2D eigenvalue weighted by molar-refractivity contribution is -0.123. The highest BCUT2D eigenvalue weighted by molar-refractivity contribution is 5.76. The van der Waals surface area contributed by atoms with E-state index in [2.05, 4.69) is 11.9 Å². The van der Waals surface area contributed by atoms with Crippen LogP contribution in [0.25, 0.3) is 0 Å². The van der Waals surface area contributed by atoms with Crippen molar-refractivity contribution >= 4 is 5.91 Å². The van der Waals surface area contributed by atoms with Crippen LogP contribution in [0.3, 0.4) is 0 Å². The molecule has 1 amide bonds. The third-order valence-corrected chi connectivity index (χ3v) is 2.07. The van der Waals surface area contributed by atoms with Gasteiger partial charge in [-0.2, -0.15) is 0 Å². The Morgan fingerprint density at radius 2 is 2.19 bits per heavy atom. The van der Waals surface area contributed by atoms with Gasteiger partial charge in [-0.1, -0.05) is 38.7 Å².